The van der Waals surface area contributed by atoms with Gasteiger partial charge in [-0.15, -0.1) is 0 Å². The number of hydrazine groups is 1. The monoisotopic (exact) mass is 279 g/mol. The molecule has 20 heavy (non-hydrogen) atoms. The summed E-state index contributed by atoms with van der Waals surface area (Å²) in [5, 5.41) is 2.95. The average molecular weight is 279 g/mol. The molecule has 0 radical (unpaired) electrons. The van der Waals surface area contributed by atoms with Crippen molar-refractivity contribution < 1.29 is 8.78 Å². The van der Waals surface area contributed by atoms with Crippen LogP contribution in [0.3, 0.4) is 0 Å². The number of hydrogen-bond donors (Lipinski definition) is 3. The molecule has 0 unspecified atom stereocenters. The molecule has 0 aliphatic rings. The van der Waals surface area contributed by atoms with E-state index >= 15 is 0 Å². The standard InChI is InChI=1S/C13H15F2N5/c1-2-3-9-12(17-7-18-13(9)20-16)19-8-4-5-10(14)11(15)6-8/h4-7H,2-3,16H2,1H3,(H2,17,18,19,20). The summed E-state index contributed by atoms with van der Waals surface area (Å²) in [5.74, 6) is 4.62. The maximum Gasteiger partial charge on any atom is 0.160 e. The van der Waals surface area contributed by atoms with Crippen LogP contribution in [-0.2, 0) is 6.42 Å². The summed E-state index contributed by atoms with van der Waals surface area (Å²) in [6, 6.07) is 3.56. The van der Waals surface area contributed by atoms with Gasteiger partial charge in [-0.1, -0.05) is 13.3 Å². The van der Waals surface area contributed by atoms with Crippen LogP contribution in [-0.4, -0.2) is 9.97 Å². The molecule has 2 aromatic rings. The van der Waals surface area contributed by atoms with Crippen LogP contribution < -0.4 is 16.6 Å². The predicted molar refractivity (Wildman–Crippen MR) is 73.5 cm³/mol. The Hall–Kier alpha value is -2.28. The van der Waals surface area contributed by atoms with Crippen molar-refractivity contribution in [3.05, 3.63) is 41.7 Å². The van der Waals surface area contributed by atoms with E-state index in [-0.39, 0.29) is 0 Å². The summed E-state index contributed by atoms with van der Waals surface area (Å²) in [4.78, 5) is 8.15. The fourth-order valence-electron chi connectivity index (χ4n) is 1.84. The van der Waals surface area contributed by atoms with Gasteiger partial charge in [-0.25, -0.2) is 24.6 Å². The van der Waals surface area contributed by atoms with Gasteiger partial charge in [-0.2, -0.15) is 0 Å². The van der Waals surface area contributed by atoms with Crippen LogP contribution in [0.1, 0.15) is 18.9 Å². The molecular weight excluding hydrogens is 264 g/mol. The van der Waals surface area contributed by atoms with Gasteiger partial charge < -0.3 is 10.7 Å². The van der Waals surface area contributed by atoms with Crippen LogP contribution in [0.5, 0.6) is 0 Å². The number of nitrogen functional groups attached to an aromatic ring is 1. The first-order chi connectivity index (χ1) is 9.65. The van der Waals surface area contributed by atoms with Crippen LogP contribution >= 0.6 is 0 Å². The average Bonchev–Trinajstić information content (AvgIpc) is 2.45. The normalized spacial score (nSPS) is 10.4. The highest BCUT2D eigenvalue weighted by Crippen LogP contribution is 2.25. The number of nitrogens with one attached hydrogen (secondary N) is 2. The lowest BCUT2D eigenvalue weighted by Crippen LogP contribution is -2.13. The van der Waals surface area contributed by atoms with Crippen molar-refractivity contribution in [2.24, 2.45) is 5.84 Å². The second-order valence-electron chi connectivity index (χ2n) is 4.20. The molecule has 0 spiro atoms. The first kappa shape index (κ1) is 14.1. The Kier molecular flexibility index (Phi) is 4.41. The van der Waals surface area contributed by atoms with Gasteiger partial charge in [0, 0.05) is 17.3 Å². The number of rotatable bonds is 5. The highest BCUT2D eigenvalue weighted by Gasteiger charge is 2.11. The minimum Gasteiger partial charge on any atom is -0.340 e. The van der Waals surface area contributed by atoms with E-state index < -0.39 is 11.6 Å². The van der Waals surface area contributed by atoms with E-state index in [4.69, 9.17) is 5.84 Å². The maximum atomic E-state index is 13.2. The molecule has 1 aromatic heterocycles. The highest BCUT2D eigenvalue weighted by atomic mass is 19.2. The molecule has 0 atom stereocenters. The minimum absolute atomic E-state index is 0.405. The Bertz CT molecular complexity index is 603. The summed E-state index contributed by atoms with van der Waals surface area (Å²) in [5.41, 5.74) is 3.70. The Morgan fingerprint density at radius 2 is 1.90 bits per heavy atom. The zero-order valence-corrected chi connectivity index (χ0v) is 11.0. The first-order valence-electron chi connectivity index (χ1n) is 6.18. The molecule has 2 rings (SSSR count). The molecule has 0 aliphatic heterocycles. The number of aromatic nitrogens is 2. The van der Waals surface area contributed by atoms with Crippen molar-refractivity contribution in [2.75, 3.05) is 10.7 Å². The molecule has 1 heterocycles. The third-order valence-electron chi connectivity index (χ3n) is 2.76. The van der Waals surface area contributed by atoms with Gasteiger partial charge in [-0.05, 0) is 18.6 Å². The number of nitrogens with two attached hydrogens (primary N) is 1. The minimum atomic E-state index is -0.918. The van der Waals surface area contributed by atoms with Gasteiger partial charge in [0.1, 0.15) is 18.0 Å². The molecule has 0 fully saturated rings. The molecule has 0 saturated heterocycles. The predicted octanol–water partition coefficient (Wildman–Crippen LogP) is 2.74. The maximum absolute atomic E-state index is 13.2. The van der Waals surface area contributed by atoms with Gasteiger partial charge in [-0.3, -0.25) is 0 Å². The van der Waals surface area contributed by atoms with Crippen LogP contribution in [0.2, 0.25) is 0 Å². The second-order valence-corrected chi connectivity index (χ2v) is 4.20. The molecule has 0 amide bonds. The number of nitrogens with zero attached hydrogens (tertiary/aromatic N) is 2. The van der Waals surface area contributed by atoms with Crippen molar-refractivity contribution in [1.29, 1.82) is 0 Å². The van der Waals surface area contributed by atoms with Crippen molar-refractivity contribution >= 4 is 17.3 Å². The fourth-order valence-corrected chi connectivity index (χ4v) is 1.84. The molecular formula is C13H15F2N5. The lowest BCUT2D eigenvalue weighted by molar-refractivity contribution is 0.509. The van der Waals surface area contributed by atoms with Gasteiger partial charge in [0.25, 0.3) is 0 Å². The van der Waals surface area contributed by atoms with Gasteiger partial charge in [0.2, 0.25) is 0 Å². The zero-order valence-electron chi connectivity index (χ0n) is 11.0. The fraction of sp³-hybridized carbons (Fsp3) is 0.231. The summed E-state index contributed by atoms with van der Waals surface area (Å²) in [7, 11) is 0. The number of anilines is 3. The van der Waals surface area contributed by atoms with Crippen molar-refractivity contribution in [3.63, 3.8) is 0 Å². The number of hydrogen-bond acceptors (Lipinski definition) is 5. The van der Waals surface area contributed by atoms with Crippen LogP contribution in [0.25, 0.3) is 0 Å². The van der Waals surface area contributed by atoms with Gasteiger partial charge in [0.15, 0.2) is 11.6 Å². The molecule has 1 aromatic carbocycles. The number of halogens is 2. The van der Waals surface area contributed by atoms with Crippen molar-refractivity contribution in [3.8, 4) is 0 Å². The van der Waals surface area contributed by atoms with Crippen LogP contribution in [0, 0.1) is 11.6 Å². The molecule has 0 aliphatic carbocycles. The largest absolute Gasteiger partial charge is 0.340 e. The number of benzene rings is 1. The molecule has 4 N–H and O–H groups in total. The van der Waals surface area contributed by atoms with E-state index in [2.05, 4.69) is 20.7 Å². The van der Waals surface area contributed by atoms with Crippen LogP contribution in [0.15, 0.2) is 24.5 Å². The molecule has 0 saturated carbocycles. The molecule has 106 valence electrons. The molecule has 0 bridgehead atoms. The third kappa shape index (κ3) is 3.00. The Labute approximate surface area is 115 Å². The van der Waals surface area contributed by atoms with Crippen LogP contribution in [0.4, 0.5) is 26.1 Å². The quantitative estimate of drug-likeness (QED) is 0.579. The summed E-state index contributed by atoms with van der Waals surface area (Å²) >= 11 is 0. The van der Waals surface area contributed by atoms with E-state index in [0.717, 1.165) is 24.1 Å². The Balaban J connectivity index is 2.34. The first-order valence-corrected chi connectivity index (χ1v) is 6.18. The van der Waals surface area contributed by atoms with Gasteiger partial charge >= 0.3 is 0 Å². The lowest BCUT2D eigenvalue weighted by Gasteiger charge is -2.13. The van der Waals surface area contributed by atoms with Gasteiger partial charge in [0.05, 0.1) is 0 Å². The van der Waals surface area contributed by atoms with E-state index in [1.807, 2.05) is 6.92 Å². The molecule has 5 nitrogen and oxygen atoms in total. The van der Waals surface area contributed by atoms with E-state index in [1.54, 1.807) is 0 Å². The summed E-state index contributed by atoms with van der Waals surface area (Å²) < 4.78 is 26.1. The van der Waals surface area contributed by atoms with Crippen molar-refractivity contribution in [2.45, 2.75) is 19.8 Å². The second kappa shape index (κ2) is 6.25. The smallest absolute Gasteiger partial charge is 0.160 e. The molecule has 7 heteroatoms. The SMILES string of the molecule is CCCc1c(NN)ncnc1Nc1ccc(F)c(F)c1. The Morgan fingerprint density at radius 3 is 2.55 bits per heavy atom. The zero-order chi connectivity index (χ0) is 14.5. The van der Waals surface area contributed by atoms with E-state index in [0.29, 0.717) is 23.7 Å². The summed E-state index contributed by atoms with van der Waals surface area (Å²) in [6.45, 7) is 2.01. The van der Waals surface area contributed by atoms with E-state index in [1.165, 1.54) is 12.4 Å². The lowest BCUT2D eigenvalue weighted by atomic mass is 10.1. The summed E-state index contributed by atoms with van der Waals surface area (Å²) in [6.07, 6.45) is 2.91. The van der Waals surface area contributed by atoms with Crippen molar-refractivity contribution in [1.82, 2.24) is 9.97 Å². The third-order valence-corrected chi connectivity index (χ3v) is 2.76. The topological polar surface area (TPSA) is 75.9 Å². The van der Waals surface area contributed by atoms with E-state index in [9.17, 15) is 8.78 Å². The highest BCUT2D eigenvalue weighted by molar-refractivity contribution is 5.64. The Morgan fingerprint density at radius 1 is 1.15 bits per heavy atom.